The van der Waals surface area contributed by atoms with Crippen LogP contribution in [0.15, 0.2) is 12.1 Å². The largest absolute Gasteiger partial charge is 0.347 e. The molecule has 1 N–H and O–H groups in total. The first-order valence-electron chi connectivity index (χ1n) is 4.73. The number of amides is 1. The van der Waals surface area contributed by atoms with Crippen molar-refractivity contribution < 1.29 is 18.0 Å². The molecule has 0 aliphatic carbocycles. The van der Waals surface area contributed by atoms with Gasteiger partial charge in [0.05, 0.1) is 0 Å². The van der Waals surface area contributed by atoms with Gasteiger partial charge >= 0.3 is 6.43 Å². The molecule has 16 heavy (non-hydrogen) atoms. The summed E-state index contributed by atoms with van der Waals surface area (Å²) in [5, 5.41) is 2.06. The van der Waals surface area contributed by atoms with Gasteiger partial charge in [0.15, 0.2) is 0 Å². The van der Waals surface area contributed by atoms with Gasteiger partial charge in [0.25, 0.3) is 5.91 Å². The van der Waals surface area contributed by atoms with Crippen LogP contribution in [0.3, 0.4) is 0 Å². The predicted octanol–water partition coefficient (Wildman–Crippen LogP) is 2.32. The Hall–Kier alpha value is -1.52. The maximum absolute atomic E-state index is 13.2. The van der Waals surface area contributed by atoms with Gasteiger partial charge in [-0.05, 0) is 30.5 Å². The van der Waals surface area contributed by atoms with Crippen LogP contribution in [0, 0.1) is 19.7 Å². The summed E-state index contributed by atoms with van der Waals surface area (Å²) in [6.07, 6.45) is -3.03. The average Bonchev–Trinajstić information content (AvgIpc) is 2.22. The third kappa shape index (κ3) is 2.98. The molecular formula is C11H12F3NO. The van der Waals surface area contributed by atoms with Crippen molar-refractivity contribution in [2.75, 3.05) is 0 Å². The summed E-state index contributed by atoms with van der Waals surface area (Å²) in [6.45, 7) is 3.15. The standard InChI is InChI=1S/C11H12F3NO/c1-6-3-8(4-7(2)9(6)12)5-15-11(16)10(13)14/h3-4,10H,5H2,1-2H3,(H,15,16). The number of alkyl halides is 2. The monoisotopic (exact) mass is 231 g/mol. The second-order valence-corrected chi connectivity index (χ2v) is 3.56. The van der Waals surface area contributed by atoms with E-state index in [1.165, 1.54) is 12.1 Å². The second kappa shape index (κ2) is 5.01. The van der Waals surface area contributed by atoms with Crippen LogP contribution in [0.5, 0.6) is 0 Å². The van der Waals surface area contributed by atoms with Gasteiger partial charge in [-0.2, -0.15) is 8.78 Å². The van der Waals surface area contributed by atoms with E-state index in [4.69, 9.17) is 0 Å². The maximum atomic E-state index is 13.2. The lowest BCUT2D eigenvalue weighted by Crippen LogP contribution is -2.28. The number of carbonyl (C=O) groups is 1. The highest BCUT2D eigenvalue weighted by Crippen LogP contribution is 2.14. The van der Waals surface area contributed by atoms with Gasteiger partial charge in [-0.1, -0.05) is 12.1 Å². The third-order valence-electron chi connectivity index (χ3n) is 2.16. The fourth-order valence-electron chi connectivity index (χ4n) is 1.40. The van der Waals surface area contributed by atoms with Crippen molar-refractivity contribution in [3.63, 3.8) is 0 Å². The molecule has 0 fully saturated rings. The third-order valence-corrected chi connectivity index (χ3v) is 2.16. The normalized spacial score (nSPS) is 10.6. The van der Waals surface area contributed by atoms with Gasteiger partial charge in [0.1, 0.15) is 5.82 Å². The lowest BCUT2D eigenvalue weighted by Gasteiger charge is -2.08. The molecule has 2 nitrogen and oxygen atoms in total. The van der Waals surface area contributed by atoms with Gasteiger partial charge in [0.2, 0.25) is 0 Å². The van der Waals surface area contributed by atoms with Crippen LogP contribution < -0.4 is 5.32 Å². The van der Waals surface area contributed by atoms with Crippen molar-refractivity contribution in [3.05, 3.63) is 34.6 Å². The van der Waals surface area contributed by atoms with Crippen LogP contribution in [0.1, 0.15) is 16.7 Å². The summed E-state index contributed by atoms with van der Waals surface area (Å²) < 4.78 is 37.0. The zero-order chi connectivity index (χ0) is 12.3. The van der Waals surface area contributed by atoms with E-state index in [1.54, 1.807) is 13.8 Å². The van der Waals surface area contributed by atoms with E-state index in [-0.39, 0.29) is 12.4 Å². The molecule has 1 amide bonds. The van der Waals surface area contributed by atoms with Gasteiger partial charge < -0.3 is 5.32 Å². The van der Waals surface area contributed by atoms with Crippen LogP contribution in [-0.4, -0.2) is 12.3 Å². The highest BCUT2D eigenvalue weighted by molar-refractivity contribution is 5.79. The summed E-state index contributed by atoms with van der Waals surface area (Å²) in [7, 11) is 0. The van der Waals surface area contributed by atoms with E-state index >= 15 is 0 Å². The fourth-order valence-corrected chi connectivity index (χ4v) is 1.40. The van der Waals surface area contributed by atoms with Gasteiger partial charge in [-0.15, -0.1) is 0 Å². The van der Waals surface area contributed by atoms with Gasteiger partial charge in [-0.3, -0.25) is 4.79 Å². The van der Waals surface area contributed by atoms with Crippen molar-refractivity contribution in [2.24, 2.45) is 0 Å². The lowest BCUT2D eigenvalue weighted by molar-refractivity contribution is -0.131. The van der Waals surface area contributed by atoms with E-state index in [0.29, 0.717) is 16.7 Å². The molecule has 88 valence electrons. The zero-order valence-corrected chi connectivity index (χ0v) is 8.98. The smallest absolute Gasteiger partial charge is 0.315 e. The first kappa shape index (κ1) is 12.5. The Kier molecular flexibility index (Phi) is 3.93. The minimum absolute atomic E-state index is 0.0227. The van der Waals surface area contributed by atoms with E-state index < -0.39 is 12.3 Å². The highest BCUT2D eigenvalue weighted by Gasteiger charge is 2.14. The molecule has 1 rings (SSSR count). The number of carbonyl (C=O) groups excluding carboxylic acids is 1. The van der Waals surface area contributed by atoms with Crippen LogP contribution in [0.25, 0.3) is 0 Å². The number of benzene rings is 1. The quantitative estimate of drug-likeness (QED) is 0.849. The molecule has 0 spiro atoms. The van der Waals surface area contributed by atoms with Crippen molar-refractivity contribution >= 4 is 5.91 Å². The molecule has 0 saturated carbocycles. The molecule has 0 heterocycles. The maximum Gasteiger partial charge on any atom is 0.315 e. The predicted molar refractivity (Wildman–Crippen MR) is 53.7 cm³/mol. The average molecular weight is 231 g/mol. The number of hydrogen-bond donors (Lipinski definition) is 1. The number of nitrogens with one attached hydrogen (secondary N) is 1. The van der Waals surface area contributed by atoms with Crippen LogP contribution in [0.4, 0.5) is 13.2 Å². The Morgan fingerprint density at radius 2 is 1.81 bits per heavy atom. The first-order valence-corrected chi connectivity index (χ1v) is 4.73. The fraction of sp³-hybridized carbons (Fsp3) is 0.364. The molecule has 0 unspecified atom stereocenters. The Labute approximate surface area is 91.5 Å². The lowest BCUT2D eigenvalue weighted by atomic mass is 10.1. The summed E-state index contributed by atoms with van der Waals surface area (Å²) >= 11 is 0. The minimum atomic E-state index is -3.03. The topological polar surface area (TPSA) is 29.1 Å². The summed E-state index contributed by atoms with van der Waals surface area (Å²) in [4.78, 5) is 10.6. The Balaban J connectivity index is 2.72. The van der Waals surface area contributed by atoms with Gasteiger partial charge in [-0.25, -0.2) is 4.39 Å². The van der Waals surface area contributed by atoms with Crippen LogP contribution >= 0.6 is 0 Å². The molecule has 1 aromatic rings. The zero-order valence-electron chi connectivity index (χ0n) is 8.98. The first-order chi connectivity index (χ1) is 7.41. The van der Waals surface area contributed by atoms with Crippen LogP contribution in [0.2, 0.25) is 0 Å². The number of aryl methyl sites for hydroxylation is 2. The molecule has 0 aliphatic heterocycles. The minimum Gasteiger partial charge on any atom is -0.347 e. The van der Waals surface area contributed by atoms with E-state index in [9.17, 15) is 18.0 Å². The summed E-state index contributed by atoms with van der Waals surface area (Å²) in [5.74, 6) is -1.64. The molecule has 0 bridgehead atoms. The SMILES string of the molecule is Cc1cc(CNC(=O)C(F)F)cc(C)c1F. The van der Waals surface area contributed by atoms with Crippen molar-refractivity contribution in [3.8, 4) is 0 Å². The van der Waals surface area contributed by atoms with E-state index in [2.05, 4.69) is 5.32 Å². The summed E-state index contributed by atoms with van der Waals surface area (Å²) in [6, 6.07) is 3.04. The Morgan fingerprint density at radius 3 is 2.25 bits per heavy atom. The van der Waals surface area contributed by atoms with Gasteiger partial charge in [0, 0.05) is 6.54 Å². The molecular weight excluding hydrogens is 219 g/mol. The van der Waals surface area contributed by atoms with Crippen molar-refractivity contribution in [2.45, 2.75) is 26.8 Å². The number of hydrogen-bond acceptors (Lipinski definition) is 1. The molecule has 1 aromatic carbocycles. The van der Waals surface area contributed by atoms with E-state index in [0.717, 1.165) is 0 Å². The number of rotatable bonds is 3. The van der Waals surface area contributed by atoms with Crippen molar-refractivity contribution in [1.82, 2.24) is 5.32 Å². The summed E-state index contributed by atoms with van der Waals surface area (Å²) in [5.41, 5.74) is 1.47. The second-order valence-electron chi connectivity index (χ2n) is 3.56. The molecule has 0 atom stereocenters. The highest BCUT2D eigenvalue weighted by atomic mass is 19.3. The number of halogens is 3. The molecule has 0 radical (unpaired) electrons. The van der Waals surface area contributed by atoms with Crippen LogP contribution in [-0.2, 0) is 11.3 Å². The Morgan fingerprint density at radius 1 is 1.31 bits per heavy atom. The van der Waals surface area contributed by atoms with E-state index in [1.807, 2.05) is 0 Å². The molecule has 0 aliphatic rings. The van der Waals surface area contributed by atoms with Crippen molar-refractivity contribution in [1.29, 1.82) is 0 Å². The molecule has 0 aromatic heterocycles. The molecule has 0 saturated heterocycles. The molecule has 5 heteroatoms. The Bertz CT molecular complexity index is 381.